The molecule has 0 aliphatic carbocycles. The lowest BCUT2D eigenvalue weighted by Gasteiger charge is -1.94. The van der Waals surface area contributed by atoms with Gasteiger partial charge in [0, 0.05) is 0 Å². The first-order valence-electron chi connectivity index (χ1n) is 2.40. The Morgan fingerprint density at radius 1 is 1.50 bits per heavy atom. The molecule has 4 heteroatoms. The molecule has 0 fully saturated rings. The highest BCUT2D eigenvalue weighted by Crippen LogP contribution is 1.91. The topological polar surface area (TPSA) is 43.4 Å². The van der Waals surface area contributed by atoms with Gasteiger partial charge in [0.2, 0.25) is 0 Å². The smallest absolute Gasteiger partial charge is 0.267 e. The molecule has 0 unspecified atom stereocenters. The van der Waals surface area contributed by atoms with Gasteiger partial charge in [-0.1, -0.05) is 6.92 Å². The zero-order chi connectivity index (χ0) is 6.62. The van der Waals surface area contributed by atoms with Crippen molar-refractivity contribution in [3.8, 4) is 0 Å². The van der Waals surface area contributed by atoms with E-state index in [0.29, 0.717) is 6.42 Å². The normalized spacial score (nSPS) is 11.8. The summed E-state index contributed by atoms with van der Waals surface area (Å²) in [5.41, 5.74) is 0. The van der Waals surface area contributed by atoms with Crippen LogP contribution in [0.5, 0.6) is 0 Å². The minimum Gasteiger partial charge on any atom is -0.273 e. The molecule has 0 aliphatic heterocycles. The number of rotatable bonds is 3. The van der Waals surface area contributed by atoms with Crippen LogP contribution in [0.25, 0.3) is 0 Å². The van der Waals surface area contributed by atoms with Gasteiger partial charge in [-0.2, -0.15) is 8.42 Å². The summed E-state index contributed by atoms with van der Waals surface area (Å²) in [6, 6.07) is 0. The first-order valence-corrected chi connectivity index (χ1v) is 3.98. The van der Waals surface area contributed by atoms with Crippen LogP contribution < -0.4 is 0 Å². The van der Waals surface area contributed by atoms with Crippen molar-refractivity contribution in [2.24, 2.45) is 0 Å². The molecule has 0 aromatic rings. The molecule has 0 saturated carbocycles. The summed E-state index contributed by atoms with van der Waals surface area (Å²) in [4.78, 5) is 0. The third kappa shape index (κ3) is 2.98. The molecule has 0 radical (unpaired) electrons. The van der Waals surface area contributed by atoms with Crippen LogP contribution in [0.4, 0.5) is 0 Å². The molecular weight excluding hydrogens is 128 g/mol. The molecular formula is C4H10O3S. The second-order valence-corrected chi connectivity index (χ2v) is 3.29. The van der Waals surface area contributed by atoms with Crippen molar-refractivity contribution in [1.29, 1.82) is 0 Å². The summed E-state index contributed by atoms with van der Waals surface area (Å²) in [7, 11) is -2.00. The van der Waals surface area contributed by atoms with E-state index in [0.717, 1.165) is 0 Å². The van der Waals surface area contributed by atoms with E-state index < -0.39 is 10.1 Å². The minimum absolute atomic E-state index is 0.115. The zero-order valence-electron chi connectivity index (χ0n) is 5.05. The van der Waals surface area contributed by atoms with Crippen molar-refractivity contribution in [2.45, 2.75) is 13.3 Å². The van der Waals surface area contributed by atoms with Crippen LogP contribution in [-0.4, -0.2) is 21.3 Å². The Kier molecular flexibility index (Phi) is 3.01. The van der Waals surface area contributed by atoms with Crippen molar-refractivity contribution in [1.82, 2.24) is 0 Å². The first kappa shape index (κ1) is 7.91. The van der Waals surface area contributed by atoms with Crippen LogP contribution in [-0.2, 0) is 14.3 Å². The van der Waals surface area contributed by atoms with Gasteiger partial charge in [0.05, 0.1) is 12.9 Å². The quantitative estimate of drug-likeness (QED) is 0.529. The highest BCUT2D eigenvalue weighted by atomic mass is 32.2. The second kappa shape index (κ2) is 3.04. The molecule has 0 aromatic heterocycles. The monoisotopic (exact) mass is 138 g/mol. The maximum Gasteiger partial charge on any atom is 0.267 e. The molecule has 8 heavy (non-hydrogen) atoms. The summed E-state index contributed by atoms with van der Waals surface area (Å²) >= 11 is 0. The van der Waals surface area contributed by atoms with E-state index in [1.165, 1.54) is 7.11 Å². The molecule has 3 nitrogen and oxygen atoms in total. The van der Waals surface area contributed by atoms with Crippen molar-refractivity contribution in [2.75, 3.05) is 12.9 Å². The summed E-state index contributed by atoms with van der Waals surface area (Å²) in [6.07, 6.45) is 0.607. The van der Waals surface area contributed by atoms with Crippen LogP contribution >= 0.6 is 0 Å². The Labute approximate surface area is 49.8 Å². The van der Waals surface area contributed by atoms with Gasteiger partial charge in [0.25, 0.3) is 10.1 Å². The fraction of sp³-hybridized carbons (Fsp3) is 1.00. The molecule has 50 valence electrons. The standard InChI is InChI=1S/C4H10O3S/c1-3-4-8(5,6)7-2/h3-4H2,1-2H3. The Morgan fingerprint density at radius 3 is 2.12 bits per heavy atom. The van der Waals surface area contributed by atoms with E-state index >= 15 is 0 Å². The average Bonchev–Trinajstić information content (AvgIpc) is 1.67. The molecule has 0 N–H and O–H groups in total. The van der Waals surface area contributed by atoms with Crippen LogP contribution in [0.1, 0.15) is 13.3 Å². The predicted molar refractivity (Wildman–Crippen MR) is 31.1 cm³/mol. The molecule has 0 heterocycles. The lowest BCUT2D eigenvalue weighted by molar-refractivity contribution is 0.397. The van der Waals surface area contributed by atoms with Crippen LogP contribution in [0.2, 0.25) is 0 Å². The molecule has 0 amide bonds. The third-order valence-corrected chi connectivity index (χ3v) is 2.12. The van der Waals surface area contributed by atoms with E-state index in [1.807, 2.05) is 0 Å². The SMILES string of the molecule is CCCS(=O)(=O)OC. The lowest BCUT2D eigenvalue weighted by atomic mass is 10.6. The van der Waals surface area contributed by atoms with Gasteiger partial charge in [-0.3, -0.25) is 4.18 Å². The number of hydrogen-bond acceptors (Lipinski definition) is 3. The van der Waals surface area contributed by atoms with Crippen LogP contribution in [0, 0.1) is 0 Å². The summed E-state index contributed by atoms with van der Waals surface area (Å²) < 4.78 is 24.9. The third-order valence-electron chi connectivity index (χ3n) is 0.708. The zero-order valence-corrected chi connectivity index (χ0v) is 5.86. The Hall–Kier alpha value is -0.0900. The minimum atomic E-state index is -3.17. The van der Waals surface area contributed by atoms with E-state index in [-0.39, 0.29) is 5.75 Å². The Morgan fingerprint density at radius 2 is 2.00 bits per heavy atom. The molecule has 0 spiro atoms. The summed E-state index contributed by atoms with van der Waals surface area (Å²) in [6.45, 7) is 1.79. The van der Waals surface area contributed by atoms with E-state index in [1.54, 1.807) is 6.92 Å². The first-order chi connectivity index (χ1) is 3.62. The molecule has 0 rings (SSSR count). The predicted octanol–water partition coefficient (Wildman–Crippen LogP) is 0.373. The van der Waals surface area contributed by atoms with E-state index in [2.05, 4.69) is 4.18 Å². The van der Waals surface area contributed by atoms with Crippen molar-refractivity contribution in [3.05, 3.63) is 0 Å². The average molecular weight is 138 g/mol. The van der Waals surface area contributed by atoms with Gasteiger partial charge < -0.3 is 0 Å². The van der Waals surface area contributed by atoms with Gasteiger partial charge in [0.1, 0.15) is 0 Å². The van der Waals surface area contributed by atoms with Crippen molar-refractivity contribution >= 4 is 10.1 Å². The highest BCUT2D eigenvalue weighted by Gasteiger charge is 2.03. The van der Waals surface area contributed by atoms with Gasteiger partial charge in [-0.15, -0.1) is 0 Å². The van der Waals surface area contributed by atoms with Crippen LogP contribution in [0.3, 0.4) is 0 Å². The maximum absolute atomic E-state index is 10.4. The molecule has 0 bridgehead atoms. The maximum atomic E-state index is 10.4. The second-order valence-electron chi connectivity index (χ2n) is 1.43. The molecule has 0 atom stereocenters. The fourth-order valence-electron chi connectivity index (χ4n) is 0.333. The largest absolute Gasteiger partial charge is 0.273 e. The van der Waals surface area contributed by atoms with Gasteiger partial charge in [0.15, 0.2) is 0 Å². The molecule has 0 saturated heterocycles. The molecule has 0 aliphatic rings. The van der Waals surface area contributed by atoms with Gasteiger partial charge >= 0.3 is 0 Å². The highest BCUT2D eigenvalue weighted by molar-refractivity contribution is 7.86. The van der Waals surface area contributed by atoms with Gasteiger partial charge in [-0.25, -0.2) is 0 Å². The van der Waals surface area contributed by atoms with Crippen molar-refractivity contribution < 1.29 is 12.6 Å². The Bertz CT molecular complexity index is 135. The summed E-state index contributed by atoms with van der Waals surface area (Å²) in [5.74, 6) is 0.115. The van der Waals surface area contributed by atoms with Crippen LogP contribution in [0.15, 0.2) is 0 Å². The lowest BCUT2D eigenvalue weighted by Crippen LogP contribution is -2.05. The number of hydrogen-bond donors (Lipinski definition) is 0. The molecule has 0 aromatic carbocycles. The van der Waals surface area contributed by atoms with E-state index in [9.17, 15) is 8.42 Å². The van der Waals surface area contributed by atoms with Crippen molar-refractivity contribution in [3.63, 3.8) is 0 Å². The fourth-order valence-corrected chi connectivity index (χ4v) is 1.000. The Balaban J connectivity index is 3.76. The van der Waals surface area contributed by atoms with Gasteiger partial charge in [-0.05, 0) is 6.42 Å². The van der Waals surface area contributed by atoms with E-state index in [4.69, 9.17) is 0 Å². The summed E-state index contributed by atoms with van der Waals surface area (Å²) in [5, 5.41) is 0.